The number of carbonyl (C=O) groups is 2. The summed E-state index contributed by atoms with van der Waals surface area (Å²) in [5.41, 5.74) is -0.268. The molecule has 0 spiro atoms. The maximum absolute atomic E-state index is 14.0. The molecule has 2 amide bonds. The highest BCUT2D eigenvalue weighted by molar-refractivity contribution is 6.33. The fourth-order valence-electron chi connectivity index (χ4n) is 5.99. The van der Waals surface area contributed by atoms with Crippen molar-refractivity contribution in [1.82, 2.24) is 29.0 Å². The summed E-state index contributed by atoms with van der Waals surface area (Å²) in [6, 6.07) is 4.98. The molecule has 0 radical (unpaired) electrons. The van der Waals surface area contributed by atoms with Crippen LogP contribution in [0.25, 0.3) is 11.4 Å². The molecule has 13 nitrogen and oxygen atoms in total. The van der Waals surface area contributed by atoms with Gasteiger partial charge in [-0.1, -0.05) is 17.7 Å². The number of pyridine rings is 1. The lowest BCUT2D eigenvalue weighted by Gasteiger charge is -2.29. The summed E-state index contributed by atoms with van der Waals surface area (Å²) in [6.07, 6.45) is -1.53. The van der Waals surface area contributed by atoms with E-state index in [4.69, 9.17) is 21.1 Å². The molecular formula is C32H31ClF3N7O6. The van der Waals surface area contributed by atoms with Crippen molar-refractivity contribution in [3.05, 3.63) is 86.3 Å². The average Bonchev–Trinajstić information content (AvgIpc) is 3.70. The van der Waals surface area contributed by atoms with Gasteiger partial charge >= 0.3 is 6.18 Å². The highest BCUT2D eigenvalue weighted by Gasteiger charge is 2.36. The maximum atomic E-state index is 14.0. The van der Waals surface area contributed by atoms with E-state index in [1.54, 1.807) is 13.8 Å². The molecule has 258 valence electrons. The fourth-order valence-corrected chi connectivity index (χ4v) is 6.22. The highest BCUT2D eigenvalue weighted by atomic mass is 35.5. The van der Waals surface area contributed by atoms with Crippen LogP contribution in [-0.4, -0.2) is 71.8 Å². The number of benzene rings is 1. The van der Waals surface area contributed by atoms with Crippen molar-refractivity contribution < 1.29 is 37.3 Å². The summed E-state index contributed by atoms with van der Waals surface area (Å²) < 4.78 is 53.5. The number of amides is 2. The summed E-state index contributed by atoms with van der Waals surface area (Å²) in [4.78, 5) is 50.9. The molecule has 5 heterocycles. The topological polar surface area (TPSA) is 153 Å². The van der Waals surface area contributed by atoms with Gasteiger partial charge in [-0.3, -0.25) is 14.4 Å². The third kappa shape index (κ3) is 6.75. The second kappa shape index (κ2) is 13.6. The number of ether oxygens (including phenoxy) is 2. The smallest absolute Gasteiger partial charge is 0.416 e. The lowest BCUT2D eigenvalue weighted by Crippen LogP contribution is -2.40. The second-order valence-electron chi connectivity index (χ2n) is 11.5. The Bertz CT molecular complexity index is 2030. The first kappa shape index (κ1) is 34.1. The van der Waals surface area contributed by atoms with E-state index in [1.807, 2.05) is 6.08 Å². The quantitative estimate of drug-likeness (QED) is 0.255. The molecule has 2 aliphatic rings. The van der Waals surface area contributed by atoms with Crippen molar-refractivity contribution in [2.24, 2.45) is 0 Å². The molecule has 3 aromatic heterocycles. The summed E-state index contributed by atoms with van der Waals surface area (Å²) in [7, 11) is 0. The van der Waals surface area contributed by atoms with Gasteiger partial charge in [0.15, 0.2) is 11.5 Å². The monoisotopic (exact) mass is 701 g/mol. The second-order valence-corrected chi connectivity index (χ2v) is 11.9. The molecule has 0 saturated heterocycles. The van der Waals surface area contributed by atoms with Crippen LogP contribution in [0.4, 0.5) is 18.9 Å². The third-order valence-electron chi connectivity index (χ3n) is 8.43. The summed E-state index contributed by atoms with van der Waals surface area (Å²) in [6.45, 7) is 4.13. The van der Waals surface area contributed by atoms with E-state index in [1.165, 1.54) is 27.8 Å². The number of aromatic hydroxyl groups is 1. The van der Waals surface area contributed by atoms with Gasteiger partial charge in [0.2, 0.25) is 11.7 Å². The standard InChI is InChI=1S/C32H31ClF3N7O6/c1-3-41(30(47)27-23(44)5-4-10-37-27)17(2)13-24-26-22(16-49-24)42(15-25(45)38-21-7-6-19(14-20(21)33)32(34,35)36)31-39-28(40-43(31)29(26)46)18-8-11-48-12-9-18/h4-8,10,14,17,24,44H,3,9,11-13,15-16H2,1-2H3,(H,38,45). The molecule has 4 aromatic rings. The largest absolute Gasteiger partial charge is 0.505 e. The van der Waals surface area contributed by atoms with Crippen molar-refractivity contribution in [3.63, 3.8) is 0 Å². The zero-order chi connectivity index (χ0) is 35.0. The molecule has 6 rings (SSSR count). The van der Waals surface area contributed by atoms with Crippen LogP contribution in [0.3, 0.4) is 0 Å². The molecule has 49 heavy (non-hydrogen) atoms. The maximum Gasteiger partial charge on any atom is 0.416 e. The van der Waals surface area contributed by atoms with Crippen molar-refractivity contribution in [2.75, 3.05) is 25.1 Å². The lowest BCUT2D eigenvalue weighted by atomic mass is 10.0. The minimum Gasteiger partial charge on any atom is -0.505 e. The number of halogens is 4. The van der Waals surface area contributed by atoms with Gasteiger partial charge in [-0.2, -0.15) is 22.7 Å². The Labute approximate surface area is 281 Å². The van der Waals surface area contributed by atoms with Crippen molar-refractivity contribution in [2.45, 2.75) is 58.2 Å². The van der Waals surface area contributed by atoms with E-state index >= 15 is 0 Å². The van der Waals surface area contributed by atoms with E-state index in [0.717, 1.165) is 28.3 Å². The zero-order valence-electron chi connectivity index (χ0n) is 26.3. The number of hydrogen-bond donors (Lipinski definition) is 2. The van der Waals surface area contributed by atoms with Gasteiger partial charge in [-0.05, 0) is 62.6 Å². The molecule has 2 N–H and O–H groups in total. The molecule has 2 unspecified atom stereocenters. The van der Waals surface area contributed by atoms with Gasteiger partial charge in [-0.25, -0.2) is 4.98 Å². The molecular weight excluding hydrogens is 671 g/mol. The minimum atomic E-state index is -4.62. The predicted molar refractivity (Wildman–Crippen MR) is 170 cm³/mol. The summed E-state index contributed by atoms with van der Waals surface area (Å²) >= 11 is 6.08. The van der Waals surface area contributed by atoms with Crippen molar-refractivity contribution in [1.29, 1.82) is 0 Å². The first-order chi connectivity index (χ1) is 23.4. The molecule has 0 bridgehead atoms. The number of alkyl halides is 3. The number of fused-ring (bicyclic) bond motifs is 2. The van der Waals surface area contributed by atoms with Crippen LogP contribution in [0.1, 0.15) is 65.9 Å². The van der Waals surface area contributed by atoms with Crippen LogP contribution in [0, 0.1) is 0 Å². The Morgan fingerprint density at radius 1 is 1.27 bits per heavy atom. The lowest BCUT2D eigenvalue weighted by molar-refractivity contribution is -0.137. The molecule has 2 atom stereocenters. The Morgan fingerprint density at radius 2 is 2.06 bits per heavy atom. The zero-order valence-corrected chi connectivity index (χ0v) is 27.1. The number of hydrogen-bond acceptors (Lipinski definition) is 9. The van der Waals surface area contributed by atoms with Gasteiger partial charge in [0.1, 0.15) is 12.3 Å². The van der Waals surface area contributed by atoms with Crippen molar-refractivity contribution >= 4 is 40.5 Å². The molecule has 0 saturated carbocycles. The van der Waals surface area contributed by atoms with Crippen molar-refractivity contribution in [3.8, 4) is 5.75 Å². The first-order valence-electron chi connectivity index (χ1n) is 15.4. The van der Waals surface area contributed by atoms with Gasteiger partial charge in [0.05, 0.1) is 53.5 Å². The van der Waals surface area contributed by atoms with E-state index in [-0.39, 0.29) is 58.9 Å². The Morgan fingerprint density at radius 3 is 2.73 bits per heavy atom. The normalized spacial score (nSPS) is 16.7. The first-order valence-corrected chi connectivity index (χ1v) is 15.8. The van der Waals surface area contributed by atoms with Gasteiger partial charge in [0, 0.05) is 18.8 Å². The van der Waals surface area contributed by atoms with Gasteiger partial charge in [0.25, 0.3) is 11.5 Å². The van der Waals surface area contributed by atoms with Crippen LogP contribution in [0.2, 0.25) is 5.02 Å². The Hall–Kier alpha value is -4.80. The fraction of sp³-hybridized carbons (Fsp3) is 0.375. The number of rotatable bonds is 9. The van der Waals surface area contributed by atoms with Gasteiger partial charge in [-0.15, -0.1) is 5.10 Å². The number of nitrogens with one attached hydrogen (secondary N) is 1. The van der Waals surface area contributed by atoms with Crippen LogP contribution < -0.4 is 10.9 Å². The molecule has 1 aromatic carbocycles. The van der Waals surface area contributed by atoms with E-state index < -0.39 is 47.8 Å². The number of aromatic nitrogens is 5. The number of anilines is 1. The predicted octanol–water partition coefficient (Wildman–Crippen LogP) is 4.62. The Kier molecular flexibility index (Phi) is 9.46. The summed E-state index contributed by atoms with van der Waals surface area (Å²) in [5.74, 6) is -1.06. The minimum absolute atomic E-state index is 0.0332. The molecule has 2 aliphatic heterocycles. The third-order valence-corrected chi connectivity index (χ3v) is 8.75. The average molecular weight is 702 g/mol. The highest BCUT2D eigenvalue weighted by Crippen LogP contribution is 2.36. The van der Waals surface area contributed by atoms with E-state index in [0.29, 0.717) is 25.3 Å². The molecule has 0 aliphatic carbocycles. The van der Waals surface area contributed by atoms with E-state index in [2.05, 4.69) is 20.4 Å². The Balaban J connectivity index is 1.35. The number of carbonyl (C=O) groups excluding carboxylic acids is 2. The van der Waals surface area contributed by atoms with Gasteiger partial charge < -0.3 is 29.4 Å². The number of nitrogens with zero attached hydrogens (tertiary/aromatic N) is 6. The van der Waals surface area contributed by atoms with E-state index in [9.17, 15) is 32.7 Å². The van der Waals surface area contributed by atoms with Crippen LogP contribution in [0.5, 0.6) is 5.75 Å². The van der Waals surface area contributed by atoms with Crippen LogP contribution in [-0.2, 0) is 33.6 Å². The SMILES string of the molecule is CCN(C(=O)c1ncccc1O)C(C)CC1OCc2c1c(=O)n1nc(C3=CCOCC3)nc1n2CC(=O)Nc1ccc(C(F)(F)F)cc1Cl. The van der Waals surface area contributed by atoms with Crippen LogP contribution >= 0.6 is 11.6 Å². The molecule has 0 fully saturated rings. The van der Waals surface area contributed by atoms with Crippen LogP contribution in [0.15, 0.2) is 47.4 Å². The summed E-state index contributed by atoms with van der Waals surface area (Å²) in [5, 5.41) is 16.9. The molecule has 17 heteroatoms.